The summed E-state index contributed by atoms with van der Waals surface area (Å²) < 4.78 is 17.1. The SMILES string of the molecule is Cc1nccn1CC(c1cccc(F)c1)(C1CCCC1)C1CCN(CC2(C)CN(c3ccc(C#N)cc3)C2)CC1. The lowest BCUT2D eigenvalue weighted by atomic mass is 9.59. The fraction of sp³-hybridized carbons (Fsp3) is 0.529. The fourth-order valence-corrected chi connectivity index (χ4v) is 8.28. The summed E-state index contributed by atoms with van der Waals surface area (Å²) >= 11 is 0. The van der Waals surface area contributed by atoms with Crippen molar-refractivity contribution in [3.63, 3.8) is 0 Å². The van der Waals surface area contributed by atoms with E-state index in [-0.39, 0.29) is 16.6 Å². The Hall–Kier alpha value is -3.17. The predicted octanol–water partition coefficient (Wildman–Crippen LogP) is 6.57. The number of piperidine rings is 1. The summed E-state index contributed by atoms with van der Waals surface area (Å²) in [5.41, 5.74) is 3.31. The summed E-state index contributed by atoms with van der Waals surface area (Å²) in [6.07, 6.45) is 11.3. The van der Waals surface area contributed by atoms with E-state index in [9.17, 15) is 4.39 Å². The Labute approximate surface area is 238 Å². The van der Waals surface area contributed by atoms with Crippen LogP contribution in [-0.4, -0.2) is 47.2 Å². The highest BCUT2D eigenvalue weighted by molar-refractivity contribution is 5.52. The van der Waals surface area contributed by atoms with E-state index in [4.69, 9.17) is 5.26 Å². The minimum absolute atomic E-state index is 0.0804. The minimum Gasteiger partial charge on any atom is -0.370 e. The number of rotatable bonds is 8. The Balaban J connectivity index is 1.18. The van der Waals surface area contributed by atoms with E-state index in [2.05, 4.69) is 63.7 Å². The molecule has 210 valence electrons. The molecule has 2 saturated heterocycles. The van der Waals surface area contributed by atoms with E-state index in [1.807, 2.05) is 30.5 Å². The molecule has 3 aromatic rings. The van der Waals surface area contributed by atoms with Gasteiger partial charge in [0.25, 0.3) is 0 Å². The van der Waals surface area contributed by atoms with Crippen molar-refractivity contribution in [2.45, 2.75) is 64.3 Å². The van der Waals surface area contributed by atoms with Crippen molar-refractivity contribution >= 4 is 5.69 Å². The smallest absolute Gasteiger partial charge is 0.123 e. The lowest BCUT2D eigenvalue weighted by Gasteiger charge is -2.53. The summed E-state index contributed by atoms with van der Waals surface area (Å²) in [5.74, 6) is 2.00. The second kappa shape index (κ2) is 11.0. The Morgan fingerprint density at radius 2 is 1.73 bits per heavy atom. The Morgan fingerprint density at radius 1 is 1.02 bits per heavy atom. The van der Waals surface area contributed by atoms with Crippen LogP contribution in [0.4, 0.5) is 10.1 Å². The number of aromatic nitrogens is 2. The van der Waals surface area contributed by atoms with Crippen molar-refractivity contribution in [1.29, 1.82) is 5.26 Å². The Morgan fingerprint density at radius 3 is 2.35 bits per heavy atom. The summed E-state index contributed by atoms with van der Waals surface area (Å²) in [6.45, 7) is 10.8. The molecule has 0 N–H and O–H groups in total. The highest BCUT2D eigenvalue weighted by atomic mass is 19.1. The molecule has 1 aliphatic carbocycles. The molecule has 5 nitrogen and oxygen atoms in total. The quantitative estimate of drug-likeness (QED) is 0.325. The number of nitrogens with zero attached hydrogens (tertiary/aromatic N) is 5. The number of benzene rings is 2. The molecule has 3 heterocycles. The minimum atomic E-state index is -0.121. The van der Waals surface area contributed by atoms with Gasteiger partial charge in [-0.25, -0.2) is 9.37 Å². The molecule has 2 aromatic carbocycles. The largest absolute Gasteiger partial charge is 0.370 e. The predicted molar refractivity (Wildman–Crippen MR) is 158 cm³/mol. The van der Waals surface area contributed by atoms with Gasteiger partial charge < -0.3 is 14.4 Å². The van der Waals surface area contributed by atoms with Crippen molar-refractivity contribution in [2.24, 2.45) is 17.3 Å². The number of halogens is 1. The van der Waals surface area contributed by atoms with Gasteiger partial charge in [0.1, 0.15) is 11.6 Å². The van der Waals surface area contributed by atoms with Gasteiger partial charge in [0.2, 0.25) is 0 Å². The molecule has 1 unspecified atom stereocenters. The van der Waals surface area contributed by atoms with Gasteiger partial charge in [0, 0.05) is 55.1 Å². The Kier molecular flexibility index (Phi) is 7.44. The number of aryl methyl sites for hydroxylation is 1. The zero-order valence-corrected chi connectivity index (χ0v) is 24.0. The third kappa shape index (κ3) is 5.17. The average Bonchev–Trinajstić information content (AvgIpc) is 3.63. The molecule has 1 saturated carbocycles. The number of hydrogen-bond donors (Lipinski definition) is 0. The molecule has 6 rings (SSSR count). The first kappa shape index (κ1) is 27.0. The van der Waals surface area contributed by atoms with Crippen molar-refractivity contribution in [1.82, 2.24) is 14.5 Å². The molecule has 3 aliphatic rings. The third-order valence-corrected chi connectivity index (χ3v) is 10.2. The second-order valence-corrected chi connectivity index (χ2v) is 13.0. The number of likely N-dealkylation sites (tertiary alicyclic amines) is 1. The molecule has 0 radical (unpaired) electrons. The molecule has 0 amide bonds. The number of hydrogen-bond acceptors (Lipinski definition) is 4. The van der Waals surface area contributed by atoms with Gasteiger partial charge in [0.05, 0.1) is 11.6 Å². The fourth-order valence-electron chi connectivity index (χ4n) is 8.28. The summed E-state index contributed by atoms with van der Waals surface area (Å²) in [5, 5.41) is 9.10. The van der Waals surface area contributed by atoms with Crippen LogP contribution in [0.25, 0.3) is 0 Å². The van der Waals surface area contributed by atoms with E-state index < -0.39 is 0 Å². The molecular formula is C34H42FN5. The molecule has 3 fully saturated rings. The molecule has 0 spiro atoms. The normalized spacial score (nSPS) is 21.6. The van der Waals surface area contributed by atoms with Gasteiger partial charge in [-0.3, -0.25) is 0 Å². The van der Waals surface area contributed by atoms with Crippen LogP contribution in [0, 0.1) is 41.3 Å². The lowest BCUT2D eigenvalue weighted by Crippen LogP contribution is -2.60. The van der Waals surface area contributed by atoms with Gasteiger partial charge in [-0.2, -0.15) is 5.26 Å². The molecule has 0 bridgehead atoms. The van der Waals surface area contributed by atoms with Crippen LogP contribution in [0.3, 0.4) is 0 Å². The Bertz CT molecular complexity index is 1340. The summed E-state index contributed by atoms with van der Waals surface area (Å²) in [6, 6.07) is 17.7. The lowest BCUT2D eigenvalue weighted by molar-refractivity contribution is 0.0477. The first-order valence-electron chi connectivity index (χ1n) is 15.1. The van der Waals surface area contributed by atoms with Crippen molar-refractivity contribution in [3.05, 3.63) is 83.7 Å². The van der Waals surface area contributed by atoms with Crippen molar-refractivity contribution < 1.29 is 4.39 Å². The van der Waals surface area contributed by atoms with Crippen LogP contribution in [-0.2, 0) is 12.0 Å². The van der Waals surface area contributed by atoms with Crippen LogP contribution in [0.1, 0.15) is 62.4 Å². The molecule has 40 heavy (non-hydrogen) atoms. The maximum absolute atomic E-state index is 14.7. The van der Waals surface area contributed by atoms with Crippen LogP contribution in [0.2, 0.25) is 0 Å². The van der Waals surface area contributed by atoms with Gasteiger partial charge >= 0.3 is 0 Å². The third-order valence-electron chi connectivity index (χ3n) is 10.2. The molecule has 1 atom stereocenters. The van der Waals surface area contributed by atoms with Crippen LogP contribution < -0.4 is 4.90 Å². The highest BCUT2D eigenvalue weighted by Gasteiger charge is 2.49. The molecule has 1 aromatic heterocycles. The number of imidazole rings is 1. The number of nitriles is 1. The molecule has 6 heteroatoms. The van der Waals surface area contributed by atoms with Gasteiger partial charge in [0.15, 0.2) is 0 Å². The maximum Gasteiger partial charge on any atom is 0.123 e. The first-order chi connectivity index (χ1) is 19.4. The van der Waals surface area contributed by atoms with E-state index in [0.717, 1.165) is 57.9 Å². The van der Waals surface area contributed by atoms with Crippen LogP contribution >= 0.6 is 0 Å². The van der Waals surface area contributed by atoms with E-state index >= 15 is 0 Å². The van der Waals surface area contributed by atoms with Crippen LogP contribution in [0.5, 0.6) is 0 Å². The zero-order valence-electron chi connectivity index (χ0n) is 24.0. The highest BCUT2D eigenvalue weighted by Crippen LogP contribution is 2.52. The van der Waals surface area contributed by atoms with Gasteiger partial charge in [-0.1, -0.05) is 31.9 Å². The van der Waals surface area contributed by atoms with E-state index in [1.165, 1.54) is 36.9 Å². The molecular weight excluding hydrogens is 497 g/mol. The standard InChI is InChI=1S/C34H42FN5/c1-26-37-16-19-39(26)25-34(28-6-3-4-7-28,30-8-5-9-31(35)20-30)29-14-17-38(18-15-29)22-33(2)23-40(24-33)32-12-10-27(21-36)11-13-32/h5,8-13,16,19-20,28-29H,3-4,6-7,14-15,17-18,22-25H2,1-2H3. The van der Waals surface area contributed by atoms with E-state index in [0.29, 0.717) is 17.4 Å². The maximum atomic E-state index is 14.7. The second-order valence-electron chi connectivity index (χ2n) is 13.0. The summed E-state index contributed by atoms with van der Waals surface area (Å²) in [7, 11) is 0. The van der Waals surface area contributed by atoms with Gasteiger partial charge in [-0.05, 0) is 99.5 Å². The summed E-state index contributed by atoms with van der Waals surface area (Å²) in [4.78, 5) is 9.66. The van der Waals surface area contributed by atoms with E-state index in [1.54, 1.807) is 6.07 Å². The van der Waals surface area contributed by atoms with Crippen molar-refractivity contribution in [3.8, 4) is 6.07 Å². The average molecular weight is 540 g/mol. The zero-order chi connectivity index (χ0) is 27.7. The molecule has 2 aliphatic heterocycles. The van der Waals surface area contributed by atoms with Gasteiger partial charge in [-0.15, -0.1) is 0 Å². The van der Waals surface area contributed by atoms with Crippen molar-refractivity contribution in [2.75, 3.05) is 37.6 Å². The monoisotopic (exact) mass is 539 g/mol. The number of anilines is 1. The topological polar surface area (TPSA) is 48.1 Å². The first-order valence-corrected chi connectivity index (χ1v) is 15.1. The van der Waals surface area contributed by atoms with Crippen LogP contribution in [0.15, 0.2) is 60.9 Å².